The number of halogens is 1. The van der Waals surface area contributed by atoms with Crippen LogP contribution >= 0.6 is 15.9 Å². The Morgan fingerprint density at radius 2 is 1.76 bits per heavy atom. The molecule has 1 fully saturated rings. The van der Waals surface area contributed by atoms with Crippen molar-refractivity contribution in [2.45, 2.75) is 26.8 Å². The molecule has 0 amide bonds. The normalized spacial score (nSPS) is 16.6. The third kappa shape index (κ3) is 4.43. The largest absolute Gasteiger partial charge is 0.494 e. The molecule has 0 saturated carbocycles. The number of rotatable bonds is 5. The molecule has 25 heavy (non-hydrogen) atoms. The molecule has 134 valence electrons. The third-order valence-corrected chi connectivity index (χ3v) is 5.14. The maximum atomic E-state index is 5.98. The summed E-state index contributed by atoms with van der Waals surface area (Å²) in [5.41, 5.74) is 5.20. The molecule has 2 aromatic rings. The van der Waals surface area contributed by atoms with Crippen molar-refractivity contribution >= 4 is 15.9 Å². The highest BCUT2D eigenvalue weighted by Crippen LogP contribution is 2.37. The molecule has 3 nitrogen and oxygen atoms in total. The first-order valence-corrected chi connectivity index (χ1v) is 9.83. The predicted molar refractivity (Wildman–Crippen MR) is 108 cm³/mol. The number of ether oxygens (including phenoxy) is 1. The first kappa shape index (κ1) is 18.4. The van der Waals surface area contributed by atoms with Gasteiger partial charge in [-0.25, -0.2) is 0 Å². The van der Waals surface area contributed by atoms with E-state index >= 15 is 0 Å². The maximum Gasteiger partial charge on any atom is 0.124 e. The van der Waals surface area contributed by atoms with Gasteiger partial charge in [-0.1, -0.05) is 45.3 Å². The Kier molecular flexibility index (Phi) is 6.15. The van der Waals surface area contributed by atoms with Crippen molar-refractivity contribution in [3.05, 3.63) is 63.1 Å². The van der Waals surface area contributed by atoms with Crippen molar-refractivity contribution in [3.63, 3.8) is 0 Å². The summed E-state index contributed by atoms with van der Waals surface area (Å²) in [6, 6.07) is 13.4. The average molecular weight is 403 g/mol. The van der Waals surface area contributed by atoms with E-state index in [0.29, 0.717) is 6.61 Å². The smallest absolute Gasteiger partial charge is 0.124 e. The zero-order chi connectivity index (χ0) is 17.8. The van der Waals surface area contributed by atoms with E-state index in [1.165, 1.54) is 22.3 Å². The number of piperazine rings is 1. The molecule has 1 saturated heterocycles. The summed E-state index contributed by atoms with van der Waals surface area (Å²) in [6.07, 6.45) is 0. The van der Waals surface area contributed by atoms with Gasteiger partial charge in [0.15, 0.2) is 0 Å². The first-order chi connectivity index (χ1) is 12.1. The van der Waals surface area contributed by atoms with E-state index in [1.807, 2.05) is 6.92 Å². The van der Waals surface area contributed by atoms with Gasteiger partial charge >= 0.3 is 0 Å². The Bertz CT molecular complexity index is 706. The van der Waals surface area contributed by atoms with Crippen LogP contribution in [-0.2, 0) is 0 Å². The summed E-state index contributed by atoms with van der Waals surface area (Å²) in [6.45, 7) is 11.2. The Morgan fingerprint density at radius 1 is 1.08 bits per heavy atom. The lowest BCUT2D eigenvalue weighted by Crippen LogP contribution is -2.45. The summed E-state index contributed by atoms with van der Waals surface area (Å²) in [4.78, 5) is 2.56. The van der Waals surface area contributed by atoms with Gasteiger partial charge in [0.1, 0.15) is 5.75 Å². The lowest BCUT2D eigenvalue weighted by atomic mass is 9.93. The van der Waals surface area contributed by atoms with Crippen LogP contribution in [0.15, 0.2) is 40.9 Å². The number of aryl methyl sites for hydroxylation is 2. The molecule has 0 bridgehead atoms. The van der Waals surface area contributed by atoms with Gasteiger partial charge < -0.3 is 10.1 Å². The Labute approximate surface area is 159 Å². The lowest BCUT2D eigenvalue weighted by Gasteiger charge is -2.36. The van der Waals surface area contributed by atoms with Crippen LogP contribution in [0, 0.1) is 13.8 Å². The van der Waals surface area contributed by atoms with Gasteiger partial charge in [-0.05, 0) is 44.5 Å². The van der Waals surface area contributed by atoms with E-state index in [-0.39, 0.29) is 6.04 Å². The van der Waals surface area contributed by atoms with Gasteiger partial charge in [0.2, 0.25) is 0 Å². The number of hydrogen-bond donors (Lipinski definition) is 1. The molecule has 2 aromatic carbocycles. The molecular weight excluding hydrogens is 376 g/mol. The van der Waals surface area contributed by atoms with Gasteiger partial charge in [-0.2, -0.15) is 0 Å². The minimum Gasteiger partial charge on any atom is -0.494 e. The second-order valence-electron chi connectivity index (χ2n) is 6.72. The summed E-state index contributed by atoms with van der Waals surface area (Å²) in [5, 5.41) is 3.46. The molecule has 1 aliphatic heterocycles. The van der Waals surface area contributed by atoms with Gasteiger partial charge in [0.05, 0.1) is 12.6 Å². The van der Waals surface area contributed by atoms with Gasteiger partial charge in [0.25, 0.3) is 0 Å². The average Bonchev–Trinajstić information content (AvgIpc) is 2.58. The molecule has 1 heterocycles. The van der Waals surface area contributed by atoms with Crippen LogP contribution < -0.4 is 10.1 Å². The summed E-state index contributed by atoms with van der Waals surface area (Å²) >= 11 is 3.65. The molecule has 0 spiro atoms. The number of benzene rings is 2. The molecule has 0 radical (unpaired) electrons. The van der Waals surface area contributed by atoms with Crippen molar-refractivity contribution in [1.82, 2.24) is 10.2 Å². The molecule has 0 aliphatic carbocycles. The van der Waals surface area contributed by atoms with E-state index in [9.17, 15) is 0 Å². The number of hydrogen-bond acceptors (Lipinski definition) is 3. The van der Waals surface area contributed by atoms with E-state index in [4.69, 9.17) is 4.74 Å². The molecular formula is C21H27BrN2O. The van der Waals surface area contributed by atoms with E-state index in [2.05, 4.69) is 76.4 Å². The van der Waals surface area contributed by atoms with Crippen LogP contribution in [0.4, 0.5) is 0 Å². The van der Waals surface area contributed by atoms with Crippen LogP contribution in [0.25, 0.3) is 0 Å². The topological polar surface area (TPSA) is 24.5 Å². The van der Waals surface area contributed by atoms with Crippen LogP contribution in [0.5, 0.6) is 5.75 Å². The highest BCUT2D eigenvalue weighted by atomic mass is 79.9. The Hall–Kier alpha value is -1.36. The van der Waals surface area contributed by atoms with Crippen molar-refractivity contribution in [1.29, 1.82) is 0 Å². The highest BCUT2D eigenvalue weighted by Gasteiger charge is 2.27. The van der Waals surface area contributed by atoms with Gasteiger partial charge in [-0.15, -0.1) is 0 Å². The van der Waals surface area contributed by atoms with Gasteiger partial charge in [-0.3, -0.25) is 4.90 Å². The fourth-order valence-electron chi connectivity index (χ4n) is 3.72. The van der Waals surface area contributed by atoms with E-state index in [0.717, 1.165) is 36.4 Å². The van der Waals surface area contributed by atoms with Crippen LogP contribution in [0.2, 0.25) is 0 Å². The fraction of sp³-hybridized carbons (Fsp3) is 0.429. The lowest BCUT2D eigenvalue weighted by molar-refractivity contribution is 0.194. The monoisotopic (exact) mass is 402 g/mol. The van der Waals surface area contributed by atoms with Crippen LogP contribution in [0.3, 0.4) is 0 Å². The number of nitrogens with one attached hydrogen (secondary N) is 1. The Balaban J connectivity index is 2.12. The SMILES string of the molecule is CCOc1ccc(Br)cc1C(c1cc(C)cc(C)c1)N1CCNCC1. The molecule has 1 aliphatic rings. The second-order valence-corrected chi connectivity index (χ2v) is 7.64. The summed E-state index contributed by atoms with van der Waals surface area (Å²) in [7, 11) is 0. The summed E-state index contributed by atoms with van der Waals surface area (Å²) in [5.74, 6) is 0.980. The molecule has 1 N–H and O–H groups in total. The van der Waals surface area contributed by atoms with E-state index < -0.39 is 0 Å². The van der Waals surface area contributed by atoms with Crippen LogP contribution in [0.1, 0.15) is 35.2 Å². The Morgan fingerprint density at radius 3 is 2.40 bits per heavy atom. The molecule has 1 unspecified atom stereocenters. The minimum atomic E-state index is 0.208. The highest BCUT2D eigenvalue weighted by molar-refractivity contribution is 9.10. The standard InChI is InChI=1S/C21H27BrN2O/c1-4-25-20-6-5-18(22)14-19(20)21(24-9-7-23-8-10-24)17-12-15(2)11-16(3)13-17/h5-6,11-14,21,23H,4,7-10H2,1-3H3. The molecule has 0 aromatic heterocycles. The van der Waals surface area contributed by atoms with Crippen molar-refractivity contribution in [2.24, 2.45) is 0 Å². The first-order valence-electron chi connectivity index (χ1n) is 9.03. The zero-order valence-corrected chi connectivity index (χ0v) is 16.9. The third-order valence-electron chi connectivity index (χ3n) is 4.64. The number of nitrogens with zero attached hydrogens (tertiary/aromatic N) is 1. The van der Waals surface area contributed by atoms with Crippen molar-refractivity contribution in [2.75, 3.05) is 32.8 Å². The van der Waals surface area contributed by atoms with E-state index in [1.54, 1.807) is 0 Å². The predicted octanol–water partition coefficient (Wildman–Crippen LogP) is 4.46. The van der Waals surface area contributed by atoms with Crippen LogP contribution in [-0.4, -0.2) is 37.7 Å². The quantitative estimate of drug-likeness (QED) is 0.798. The maximum absolute atomic E-state index is 5.98. The van der Waals surface area contributed by atoms with Crippen molar-refractivity contribution < 1.29 is 4.74 Å². The minimum absolute atomic E-state index is 0.208. The van der Waals surface area contributed by atoms with Crippen molar-refractivity contribution in [3.8, 4) is 5.75 Å². The molecule has 3 rings (SSSR count). The molecule has 1 atom stereocenters. The second kappa shape index (κ2) is 8.35. The fourth-order valence-corrected chi connectivity index (χ4v) is 4.09. The summed E-state index contributed by atoms with van der Waals surface area (Å²) < 4.78 is 7.08. The van der Waals surface area contributed by atoms with Gasteiger partial charge in [0, 0.05) is 36.2 Å². The molecule has 4 heteroatoms. The zero-order valence-electron chi connectivity index (χ0n) is 15.3.